The number of rotatable bonds is 6. The van der Waals surface area contributed by atoms with Crippen molar-refractivity contribution in [3.63, 3.8) is 0 Å². The minimum atomic E-state index is -0.579. The Labute approximate surface area is 155 Å². The Bertz CT molecular complexity index is 625. The van der Waals surface area contributed by atoms with Crippen molar-refractivity contribution in [1.82, 2.24) is 15.5 Å². The maximum absolute atomic E-state index is 12.9. The molecule has 7 heteroatoms. The third-order valence-corrected chi connectivity index (χ3v) is 4.51. The van der Waals surface area contributed by atoms with Gasteiger partial charge in [-0.3, -0.25) is 9.59 Å². The van der Waals surface area contributed by atoms with Gasteiger partial charge in [-0.25, -0.2) is 0 Å². The molecule has 0 aromatic heterocycles. The van der Waals surface area contributed by atoms with Crippen LogP contribution in [0.2, 0.25) is 0 Å². The van der Waals surface area contributed by atoms with Crippen LogP contribution >= 0.6 is 0 Å². The van der Waals surface area contributed by atoms with Crippen molar-refractivity contribution in [2.75, 3.05) is 33.9 Å². The van der Waals surface area contributed by atoms with Gasteiger partial charge in [0.25, 0.3) is 5.91 Å². The zero-order chi connectivity index (χ0) is 19.3. The normalized spacial score (nSPS) is 18.4. The minimum absolute atomic E-state index is 0.0239. The maximum Gasteiger partial charge on any atom is 0.252 e. The highest BCUT2D eigenvalue weighted by atomic mass is 16.5. The van der Waals surface area contributed by atoms with E-state index in [0.717, 1.165) is 6.54 Å². The van der Waals surface area contributed by atoms with E-state index in [1.807, 2.05) is 25.7 Å². The van der Waals surface area contributed by atoms with Gasteiger partial charge in [0.2, 0.25) is 5.91 Å². The molecule has 0 aliphatic carbocycles. The van der Waals surface area contributed by atoms with E-state index in [1.54, 1.807) is 18.2 Å². The summed E-state index contributed by atoms with van der Waals surface area (Å²) in [5, 5.41) is 6.20. The summed E-state index contributed by atoms with van der Waals surface area (Å²) in [6.07, 6.45) is 0. The summed E-state index contributed by atoms with van der Waals surface area (Å²) in [5.41, 5.74) is 0.397. The fourth-order valence-electron chi connectivity index (χ4n) is 3.01. The molecule has 2 atom stereocenters. The SMILES string of the molecule is COc1cc(OC)cc(C(=O)NC(C(=O)N2CCNC(C)C2)C(C)C)c1. The second-order valence-corrected chi connectivity index (χ2v) is 6.94. The molecule has 144 valence electrons. The molecule has 1 aliphatic heterocycles. The largest absolute Gasteiger partial charge is 0.497 e. The molecular formula is C19H29N3O4. The zero-order valence-electron chi connectivity index (χ0n) is 16.2. The first-order valence-corrected chi connectivity index (χ1v) is 8.91. The van der Waals surface area contributed by atoms with Gasteiger partial charge in [0, 0.05) is 37.3 Å². The van der Waals surface area contributed by atoms with Gasteiger partial charge >= 0.3 is 0 Å². The van der Waals surface area contributed by atoms with Crippen LogP contribution in [0, 0.1) is 5.92 Å². The number of benzene rings is 1. The monoisotopic (exact) mass is 363 g/mol. The Morgan fingerprint density at radius 1 is 1.19 bits per heavy atom. The van der Waals surface area contributed by atoms with E-state index in [-0.39, 0.29) is 23.8 Å². The van der Waals surface area contributed by atoms with E-state index in [1.165, 1.54) is 14.2 Å². The summed E-state index contributed by atoms with van der Waals surface area (Å²) < 4.78 is 10.4. The van der Waals surface area contributed by atoms with Gasteiger partial charge < -0.3 is 25.0 Å². The minimum Gasteiger partial charge on any atom is -0.497 e. The first-order valence-electron chi connectivity index (χ1n) is 8.91. The van der Waals surface area contributed by atoms with Gasteiger partial charge in [0.05, 0.1) is 14.2 Å². The molecule has 1 aliphatic rings. The molecule has 0 saturated carbocycles. The number of hydrogen-bond acceptors (Lipinski definition) is 5. The van der Waals surface area contributed by atoms with E-state index in [4.69, 9.17) is 9.47 Å². The van der Waals surface area contributed by atoms with Crippen LogP contribution in [0.25, 0.3) is 0 Å². The Morgan fingerprint density at radius 2 is 1.81 bits per heavy atom. The predicted molar refractivity (Wildman–Crippen MR) is 99.7 cm³/mol. The second-order valence-electron chi connectivity index (χ2n) is 6.94. The second kappa shape index (κ2) is 8.89. The van der Waals surface area contributed by atoms with Crippen molar-refractivity contribution in [3.8, 4) is 11.5 Å². The summed E-state index contributed by atoms with van der Waals surface area (Å²) in [6.45, 7) is 7.96. The molecule has 7 nitrogen and oxygen atoms in total. The fourth-order valence-corrected chi connectivity index (χ4v) is 3.01. The third-order valence-electron chi connectivity index (χ3n) is 4.51. The number of methoxy groups -OCH3 is 2. The first kappa shape index (κ1) is 20.0. The smallest absolute Gasteiger partial charge is 0.252 e. The molecule has 2 rings (SSSR count). The molecule has 1 fully saturated rings. The van der Waals surface area contributed by atoms with E-state index < -0.39 is 6.04 Å². The Kier molecular flexibility index (Phi) is 6.85. The number of ether oxygens (including phenoxy) is 2. The van der Waals surface area contributed by atoms with Gasteiger partial charge in [-0.1, -0.05) is 13.8 Å². The Hall–Kier alpha value is -2.28. The van der Waals surface area contributed by atoms with E-state index >= 15 is 0 Å². The van der Waals surface area contributed by atoms with Crippen LogP contribution in [-0.2, 0) is 4.79 Å². The molecule has 2 amide bonds. The Balaban J connectivity index is 2.16. The molecule has 2 N–H and O–H groups in total. The lowest BCUT2D eigenvalue weighted by Crippen LogP contribution is -2.57. The van der Waals surface area contributed by atoms with Crippen LogP contribution in [0.4, 0.5) is 0 Å². The van der Waals surface area contributed by atoms with Crippen LogP contribution < -0.4 is 20.1 Å². The molecule has 26 heavy (non-hydrogen) atoms. The zero-order valence-corrected chi connectivity index (χ0v) is 16.2. The molecule has 0 bridgehead atoms. The summed E-state index contributed by atoms with van der Waals surface area (Å²) in [6, 6.07) is 4.63. The predicted octanol–water partition coefficient (Wildman–Crippen LogP) is 1.28. The van der Waals surface area contributed by atoms with Crippen LogP contribution in [0.5, 0.6) is 11.5 Å². The highest BCUT2D eigenvalue weighted by Crippen LogP contribution is 2.22. The number of carbonyl (C=O) groups is 2. The van der Waals surface area contributed by atoms with Crippen molar-refractivity contribution >= 4 is 11.8 Å². The van der Waals surface area contributed by atoms with Gasteiger partial charge in [0.15, 0.2) is 0 Å². The summed E-state index contributed by atoms with van der Waals surface area (Å²) in [5.74, 6) is 0.661. The topological polar surface area (TPSA) is 79.9 Å². The number of nitrogens with one attached hydrogen (secondary N) is 2. The summed E-state index contributed by atoms with van der Waals surface area (Å²) >= 11 is 0. The third kappa shape index (κ3) is 4.88. The number of carbonyl (C=O) groups excluding carboxylic acids is 2. The maximum atomic E-state index is 12.9. The average molecular weight is 363 g/mol. The Morgan fingerprint density at radius 3 is 2.31 bits per heavy atom. The lowest BCUT2D eigenvalue weighted by molar-refractivity contribution is -0.135. The summed E-state index contributed by atoms with van der Waals surface area (Å²) in [4.78, 5) is 27.5. The highest BCUT2D eigenvalue weighted by molar-refractivity contribution is 5.98. The molecule has 0 spiro atoms. The van der Waals surface area contributed by atoms with Crippen LogP contribution in [0.1, 0.15) is 31.1 Å². The van der Waals surface area contributed by atoms with Crippen molar-refractivity contribution in [3.05, 3.63) is 23.8 Å². The molecule has 1 heterocycles. The van der Waals surface area contributed by atoms with Gasteiger partial charge in [-0.2, -0.15) is 0 Å². The van der Waals surface area contributed by atoms with Crippen LogP contribution in [-0.4, -0.2) is 62.7 Å². The van der Waals surface area contributed by atoms with Crippen molar-refractivity contribution in [2.24, 2.45) is 5.92 Å². The standard InChI is InChI=1S/C19H29N3O4/c1-12(2)17(19(24)22-7-6-20-13(3)11-22)21-18(23)14-8-15(25-4)10-16(9-14)26-5/h8-10,12-13,17,20H,6-7,11H2,1-5H3,(H,21,23). The van der Waals surface area contributed by atoms with Crippen LogP contribution in [0.3, 0.4) is 0 Å². The van der Waals surface area contributed by atoms with Gasteiger partial charge in [-0.15, -0.1) is 0 Å². The van der Waals surface area contributed by atoms with E-state index in [2.05, 4.69) is 10.6 Å². The quantitative estimate of drug-likeness (QED) is 0.796. The van der Waals surface area contributed by atoms with Gasteiger partial charge in [-0.05, 0) is 25.0 Å². The van der Waals surface area contributed by atoms with Gasteiger partial charge in [0.1, 0.15) is 17.5 Å². The highest BCUT2D eigenvalue weighted by Gasteiger charge is 2.31. The lowest BCUT2D eigenvalue weighted by Gasteiger charge is -2.35. The first-order chi connectivity index (χ1) is 12.3. The lowest BCUT2D eigenvalue weighted by atomic mass is 10.0. The van der Waals surface area contributed by atoms with Crippen molar-refractivity contribution < 1.29 is 19.1 Å². The van der Waals surface area contributed by atoms with Crippen molar-refractivity contribution in [2.45, 2.75) is 32.9 Å². The fraction of sp³-hybridized carbons (Fsp3) is 0.579. The molecule has 2 unspecified atom stereocenters. The summed E-state index contributed by atoms with van der Waals surface area (Å²) in [7, 11) is 3.06. The van der Waals surface area contributed by atoms with E-state index in [9.17, 15) is 9.59 Å². The molecular weight excluding hydrogens is 334 g/mol. The number of hydrogen-bond donors (Lipinski definition) is 2. The van der Waals surface area contributed by atoms with Crippen LogP contribution in [0.15, 0.2) is 18.2 Å². The average Bonchev–Trinajstić information content (AvgIpc) is 2.64. The number of piperazine rings is 1. The molecule has 0 radical (unpaired) electrons. The molecule has 1 saturated heterocycles. The van der Waals surface area contributed by atoms with E-state index in [0.29, 0.717) is 30.2 Å². The molecule has 1 aromatic rings. The van der Waals surface area contributed by atoms with Crippen molar-refractivity contribution in [1.29, 1.82) is 0 Å². The number of amides is 2. The number of nitrogens with zero attached hydrogens (tertiary/aromatic N) is 1. The molecule has 1 aromatic carbocycles.